The molecule has 0 unspecified atom stereocenters. The van der Waals surface area contributed by atoms with Gasteiger partial charge in [-0.15, -0.1) is 11.8 Å². The van der Waals surface area contributed by atoms with Crippen LogP contribution in [0.2, 0.25) is 0 Å². The van der Waals surface area contributed by atoms with E-state index >= 15 is 0 Å². The summed E-state index contributed by atoms with van der Waals surface area (Å²) in [5.74, 6) is 0. The summed E-state index contributed by atoms with van der Waals surface area (Å²) in [6.45, 7) is 0. The second-order valence-electron chi connectivity index (χ2n) is 3.44. The maximum absolute atomic E-state index is 4.55. The molecule has 3 aromatic rings. The highest BCUT2D eigenvalue weighted by atomic mass is 32.2. The predicted molar refractivity (Wildman–Crippen MR) is 72.4 cm³/mol. The van der Waals surface area contributed by atoms with E-state index in [1.54, 1.807) is 29.3 Å². The van der Waals surface area contributed by atoms with Gasteiger partial charge in [-0.2, -0.15) is 0 Å². The number of hydrogen-bond acceptors (Lipinski definition) is 5. The lowest BCUT2D eigenvalue weighted by Gasteiger charge is -1.96. The van der Waals surface area contributed by atoms with Gasteiger partial charge in [-0.1, -0.05) is 11.3 Å². The van der Waals surface area contributed by atoms with Crippen LogP contribution in [0.1, 0.15) is 0 Å². The summed E-state index contributed by atoms with van der Waals surface area (Å²) in [7, 11) is 0. The van der Waals surface area contributed by atoms with Crippen molar-refractivity contribution >= 4 is 33.4 Å². The molecule has 0 saturated heterocycles. The average Bonchev–Trinajstić information content (AvgIpc) is 2.82. The minimum absolute atomic E-state index is 0.946. The van der Waals surface area contributed by atoms with E-state index in [0.29, 0.717) is 0 Å². The number of thiazole rings is 1. The van der Waals surface area contributed by atoms with Crippen molar-refractivity contribution in [2.75, 3.05) is 6.26 Å². The van der Waals surface area contributed by atoms with Crippen molar-refractivity contribution in [3.05, 3.63) is 36.7 Å². The van der Waals surface area contributed by atoms with E-state index in [9.17, 15) is 0 Å². The lowest BCUT2D eigenvalue weighted by molar-refractivity contribution is 1.14. The molecular weight excluding hydrogens is 250 g/mol. The molecule has 0 atom stereocenters. The Kier molecular flexibility index (Phi) is 2.78. The molecule has 0 saturated carbocycles. The number of hydrogen-bond donors (Lipinski definition) is 0. The van der Waals surface area contributed by atoms with E-state index in [-0.39, 0.29) is 0 Å². The molecule has 17 heavy (non-hydrogen) atoms. The molecule has 0 amide bonds. The average molecular weight is 259 g/mol. The minimum atomic E-state index is 0.946. The highest BCUT2D eigenvalue weighted by Gasteiger charge is 2.06. The number of nitrogens with zero attached hydrogens (tertiary/aromatic N) is 3. The molecule has 3 aromatic heterocycles. The zero-order valence-electron chi connectivity index (χ0n) is 9.12. The summed E-state index contributed by atoms with van der Waals surface area (Å²) >= 11 is 3.23. The fourth-order valence-electron chi connectivity index (χ4n) is 1.52. The first kappa shape index (κ1) is 10.7. The van der Waals surface area contributed by atoms with Crippen LogP contribution in [0, 0.1) is 0 Å². The highest BCUT2D eigenvalue weighted by molar-refractivity contribution is 7.98. The van der Waals surface area contributed by atoms with E-state index in [1.807, 2.05) is 30.7 Å². The Balaban J connectivity index is 2.07. The first-order chi connectivity index (χ1) is 8.36. The normalized spacial score (nSPS) is 10.9. The van der Waals surface area contributed by atoms with Crippen LogP contribution in [0.3, 0.4) is 0 Å². The topological polar surface area (TPSA) is 38.7 Å². The van der Waals surface area contributed by atoms with Gasteiger partial charge in [-0.3, -0.25) is 0 Å². The molecule has 0 aliphatic heterocycles. The van der Waals surface area contributed by atoms with Crippen molar-refractivity contribution in [1.82, 2.24) is 15.0 Å². The van der Waals surface area contributed by atoms with E-state index in [1.165, 1.54) is 0 Å². The lowest BCUT2D eigenvalue weighted by Crippen LogP contribution is -1.80. The highest BCUT2D eigenvalue weighted by Crippen LogP contribution is 2.28. The van der Waals surface area contributed by atoms with Gasteiger partial charge in [0.1, 0.15) is 15.4 Å². The molecule has 3 heterocycles. The monoisotopic (exact) mass is 259 g/mol. The van der Waals surface area contributed by atoms with Crippen LogP contribution < -0.4 is 0 Å². The Hall–Kier alpha value is -1.46. The SMILES string of the molecule is CSc1ccc(-c2nc3cccnc3s2)cn1. The van der Waals surface area contributed by atoms with Gasteiger partial charge in [0.15, 0.2) is 0 Å². The van der Waals surface area contributed by atoms with Crippen LogP contribution in [0.4, 0.5) is 0 Å². The summed E-state index contributed by atoms with van der Waals surface area (Å²) in [5.41, 5.74) is 1.99. The largest absolute Gasteiger partial charge is 0.249 e. The van der Waals surface area contributed by atoms with Crippen molar-refractivity contribution in [3.63, 3.8) is 0 Å². The molecule has 0 fully saturated rings. The summed E-state index contributed by atoms with van der Waals surface area (Å²) in [6.07, 6.45) is 5.67. The Morgan fingerprint density at radius 3 is 2.82 bits per heavy atom. The zero-order chi connectivity index (χ0) is 11.7. The van der Waals surface area contributed by atoms with Crippen molar-refractivity contribution in [3.8, 4) is 10.6 Å². The van der Waals surface area contributed by atoms with Gasteiger partial charge in [0, 0.05) is 18.0 Å². The number of thioether (sulfide) groups is 1. The molecule has 0 spiro atoms. The van der Waals surface area contributed by atoms with Gasteiger partial charge in [0.05, 0.1) is 5.03 Å². The van der Waals surface area contributed by atoms with Gasteiger partial charge in [0.2, 0.25) is 0 Å². The zero-order valence-corrected chi connectivity index (χ0v) is 10.8. The second kappa shape index (κ2) is 4.43. The Morgan fingerprint density at radius 2 is 2.12 bits per heavy atom. The van der Waals surface area contributed by atoms with Crippen molar-refractivity contribution in [2.45, 2.75) is 5.03 Å². The summed E-state index contributed by atoms with van der Waals surface area (Å²) < 4.78 is 0. The van der Waals surface area contributed by atoms with Gasteiger partial charge < -0.3 is 0 Å². The number of aromatic nitrogens is 3. The quantitative estimate of drug-likeness (QED) is 0.660. The van der Waals surface area contributed by atoms with Gasteiger partial charge in [-0.05, 0) is 30.5 Å². The van der Waals surface area contributed by atoms with Gasteiger partial charge in [-0.25, -0.2) is 15.0 Å². The maximum Gasteiger partial charge on any atom is 0.143 e. The molecule has 84 valence electrons. The molecule has 3 rings (SSSR count). The van der Waals surface area contributed by atoms with Crippen LogP contribution in [0.15, 0.2) is 41.7 Å². The van der Waals surface area contributed by atoms with Gasteiger partial charge in [0.25, 0.3) is 0 Å². The van der Waals surface area contributed by atoms with Crippen LogP contribution in [0.25, 0.3) is 20.9 Å². The third-order valence-corrected chi connectivity index (χ3v) is 4.05. The molecular formula is C12H9N3S2. The van der Waals surface area contributed by atoms with E-state index in [2.05, 4.69) is 21.0 Å². The molecule has 0 aliphatic rings. The maximum atomic E-state index is 4.55. The number of rotatable bonds is 2. The lowest BCUT2D eigenvalue weighted by atomic mass is 10.3. The summed E-state index contributed by atoms with van der Waals surface area (Å²) in [5, 5.41) is 1.99. The molecule has 0 aliphatic carbocycles. The molecule has 0 bridgehead atoms. The van der Waals surface area contributed by atoms with Crippen LogP contribution in [0.5, 0.6) is 0 Å². The number of fused-ring (bicyclic) bond motifs is 1. The van der Waals surface area contributed by atoms with Crippen molar-refractivity contribution in [1.29, 1.82) is 0 Å². The Morgan fingerprint density at radius 1 is 1.18 bits per heavy atom. The third kappa shape index (κ3) is 2.03. The fourth-order valence-corrected chi connectivity index (χ4v) is 2.78. The predicted octanol–water partition coefficient (Wildman–Crippen LogP) is 3.48. The Labute approximate surface area is 107 Å². The second-order valence-corrected chi connectivity index (χ2v) is 5.24. The molecule has 3 nitrogen and oxygen atoms in total. The van der Waals surface area contributed by atoms with Crippen LogP contribution >= 0.6 is 23.1 Å². The molecule has 0 N–H and O–H groups in total. The first-order valence-corrected chi connectivity index (χ1v) is 7.13. The van der Waals surface area contributed by atoms with Crippen LogP contribution in [-0.4, -0.2) is 21.2 Å². The van der Waals surface area contributed by atoms with E-state index in [0.717, 1.165) is 25.9 Å². The van der Waals surface area contributed by atoms with Crippen molar-refractivity contribution in [2.24, 2.45) is 0 Å². The smallest absolute Gasteiger partial charge is 0.143 e. The van der Waals surface area contributed by atoms with E-state index in [4.69, 9.17) is 0 Å². The van der Waals surface area contributed by atoms with Gasteiger partial charge >= 0.3 is 0 Å². The summed E-state index contributed by atoms with van der Waals surface area (Å²) in [6, 6.07) is 7.95. The van der Waals surface area contributed by atoms with Crippen molar-refractivity contribution < 1.29 is 0 Å². The first-order valence-electron chi connectivity index (χ1n) is 5.09. The molecule has 0 radical (unpaired) electrons. The minimum Gasteiger partial charge on any atom is -0.249 e. The Bertz CT molecular complexity index is 613. The fraction of sp³-hybridized carbons (Fsp3) is 0.0833. The third-order valence-electron chi connectivity index (χ3n) is 2.36. The summed E-state index contributed by atoms with van der Waals surface area (Å²) in [4.78, 5) is 14.2. The molecule has 0 aromatic carbocycles. The standard InChI is InChI=1S/C12H9N3S2/c1-16-10-5-4-8(7-14-10)11-15-9-3-2-6-13-12(9)17-11/h2-7H,1H3. The van der Waals surface area contributed by atoms with Crippen LogP contribution in [-0.2, 0) is 0 Å². The number of pyridine rings is 2. The van der Waals surface area contributed by atoms with E-state index < -0.39 is 0 Å². The molecule has 5 heteroatoms.